The van der Waals surface area contributed by atoms with Crippen LogP contribution in [0, 0.1) is 0 Å². The van der Waals surface area contributed by atoms with E-state index >= 15 is 0 Å². The first-order valence-corrected chi connectivity index (χ1v) is 2.35. The standard InChI is InChI=1S/2Cd.H3O4P/c;;1-5(2,3)4/h;;(H3,1,2,3,4). The van der Waals surface area contributed by atoms with Gasteiger partial charge in [0.2, 0.25) is 0 Å². The SMILES string of the molecule is O=P(O)(O)O.[Cd].[Cd]. The Balaban J connectivity index is -0.0000000800. The summed E-state index contributed by atoms with van der Waals surface area (Å²) in [5.41, 5.74) is 0. The third-order valence-corrected chi connectivity index (χ3v) is 0. The fourth-order valence-electron chi connectivity index (χ4n) is 0. The predicted molar refractivity (Wildman–Crippen MR) is 14.3 cm³/mol. The third kappa shape index (κ3) is 73.8. The first-order chi connectivity index (χ1) is 2.00. The van der Waals surface area contributed by atoms with E-state index in [4.69, 9.17) is 19.2 Å². The van der Waals surface area contributed by atoms with Gasteiger partial charge in [0.25, 0.3) is 0 Å². The summed E-state index contributed by atoms with van der Waals surface area (Å²) in [4.78, 5) is 21.6. The molecule has 0 aromatic rings. The zero-order valence-corrected chi connectivity index (χ0v) is 12.6. The van der Waals surface area contributed by atoms with Gasteiger partial charge in [0.1, 0.15) is 0 Å². The van der Waals surface area contributed by atoms with E-state index in [1.807, 2.05) is 0 Å². The van der Waals surface area contributed by atoms with Gasteiger partial charge in [0.05, 0.1) is 0 Å². The minimum absolute atomic E-state index is 0. The maximum Gasteiger partial charge on any atom is 0.466 e. The zero-order chi connectivity index (χ0) is 4.50. The van der Waals surface area contributed by atoms with Gasteiger partial charge in [0.15, 0.2) is 0 Å². The van der Waals surface area contributed by atoms with E-state index in [2.05, 4.69) is 0 Å². The van der Waals surface area contributed by atoms with Gasteiger partial charge in [-0.2, -0.15) is 0 Å². The molecule has 3 N–H and O–H groups in total. The number of phosphoric acid groups is 1. The van der Waals surface area contributed by atoms with Crippen LogP contribution < -0.4 is 0 Å². The van der Waals surface area contributed by atoms with Crippen molar-refractivity contribution in [1.82, 2.24) is 0 Å². The van der Waals surface area contributed by atoms with Gasteiger partial charge in [-0.15, -0.1) is 0 Å². The molecule has 0 aromatic carbocycles. The van der Waals surface area contributed by atoms with Crippen molar-refractivity contribution >= 4 is 7.82 Å². The Bertz CT molecular complexity index is 55.8. The Kier molecular flexibility index (Phi) is 13.9. The van der Waals surface area contributed by atoms with Gasteiger partial charge >= 0.3 is 7.82 Å². The molecule has 0 aliphatic heterocycles. The summed E-state index contributed by atoms with van der Waals surface area (Å²) < 4.78 is 8.88. The Hall–Kier alpha value is 1.95. The minimum Gasteiger partial charge on any atom is -0.303 e. The summed E-state index contributed by atoms with van der Waals surface area (Å²) in [6, 6.07) is 0. The third-order valence-electron chi connectivity index (χ3n) is 0. The molecule has 0 aliphatic carbocycles. The van der Waals surface area contributed by atoms with Crippen molar-refractivity contribution in [2.75, 3.05) is 0 Å². The van der Waals surface area contributed by atoms with Gasteiger partial charge in [-0.1, -0.05) is 0 Å². The first-order valence-electron chi connectivity index (χ1n) is 0.783. The molecule has 7 heavy (non-hydrogen) atoms. The van der Waals surface area contributed by atoms with E-state index in [-0.39, 0.29) is 54.6 Å². The normalized spacial score (nSPS) is 8.43. The smallest absolute Gasteiger partial charge is 0.303 e. The molecule has 36 valence electrons. The average Bonchev–Trinajstić information content (AvgIpc) is 0.722. The molecule has 0 amide bonds. The van der Waals surface area contributed by atoms with Crippen molar-refractivity contribution in [2.45, 2.75) is 0 Å². The fourth-order valence-corrected chi connectivity index (χ4v) is 0. The summed E-state index contributed by atoms with van der Waals surface area (Å²) in [6.45, 7) is 0. The molecule has 0 bridgehead atoms. The molecule has 0 radical (unpaired) electrons. The second-order valence-corrected chi connectivity index (χ2v) is 1.54. The average molecular weight is 323 g/mol. The molecular weight excluding hydrogens is 320 g/mol. The number of hydrogen-bond donors (Lipinski definition) is 3. The maximum absolute atomic E-state index is 8.88. The second-order valence-electron chi connectivity index (χ2n) is 0.513. The van der Waals surface area contributed by atoms with Crippen LogP contribution in [0.1, 0.15) is 0 Å². The number of rotatable bonds is 0. The second kappa shape index (κ2) is 6.08. The zero-order valence-electron chi connectivity index (χ0n) is 3.61. The topological polar surface area (TPSA) is 77.8 Å². The summed E-state index contributed by atoms with van der Waals surface area (Å²) in [6.07, 6.45) is 0. The molecular formula is H3Cd2O4P. The van der Waals surface area contributed by atoms with E-state index in [0.717, 1.165) is 0 Å². The summed E-state index contributed by atoms with van der Waals surface area (Å²) in [7, 11) is -4.64. The Morgan fingerprint density at radius 1 is 1.00 bits per heavy atom. The minimum atomic E-state index is -4.64. The van der Waals surface area contributed by atoms with Gasteiger partial charge < -0.3 is 14.7 Å². The van der Waals surface area contributed by atoms with Crippen LogP contribution in [0.25, 0.3) is 0 Å². The summed E-state index contributed by atoms with van der Waals surface area (Å²) in [5, 5.41) is 0. The Morgan fingerprint density at radius 2 is 1.00 bits per heavy atom. The molecule has 0 atom stereocenters. The maximum atomic E-state index is 8.88. The van der Waals surface area contributed by atoms with Crippen LogP contribution in [0.5, 0.6) is 0 Å². The van der Waals surface area contributed by atoms with Crippen molar-refractivity contribution in [3.05, 3.63) is 0 Å². The van der Waals surface area contributed by atoms with E-state index in [1.54, 1.807) is 0 Å². The van der Waals surface area contributed by atoms with Crippen LogP contribution in [-0.4, -0.2) is 14.7 Å². The Labute approximate surface area is 80.9 Å². The van der Waals surface area contributed by atoms with Gasteiger partial charge in [0, 0.05) is 54.6 Å². The largest absolute Gasteiger partial charge is 0.466 e. The van der Waals surface area contributed by atoms with Crippen LogP contribution in [0.3, 0.4) is 0 Å². The number of hydrogen-bond acceptors (Lipinski definition) is 1. The van der Waals surface area contributed by atoms with Crippen LogP contribution in [-0.2, 0) is 59.2 Å². The molecule has 0 saturated heterocycles. The van der Waals surface area contributed by atoms with E-state index in [9.17, 15) is 0 Å². The van der Waals surface area contributed by atoms with Crippen LogP contribution >= 0.6 is 7.82 Å². The molecule has 0 aliphatic rings. The van der Waals surface area contributed by atoms with Crippen LogP contribution in [0.2, 0.25) is 0 Å². The van der Waals surface area contributed by atoms with E-state index in [1.165, 1.54) is 0 Å². The molecule has 0 unspecified atom stereocenters. The van der Waals surface area contributed by atoms with Crippen molar-refractivity contribution < 1.29 is 73.8 Å². The molecule has 4 nitrogen and oxygen atoms in total. The molecule has 0 rings (SSSR count). The molecule has 0 heterocycles. The van der Waals surface area contributed by atoms with E-state index in [0.29, 0.717) is 0 Å². The monoisotopic (exact) mass is 326 g/mol. The van der Waals surface area contributed by atoms with Gasteiger partial charge in [-0.05, 0) is 0 Å². The molecule has 7 heteroatoms. The fraction of sp³-hybridized carbons (Fsp3) is 0. The summed E-state index contributed by atoms with van der Waals surface area (Å²) in [5.74, 6) is 0. The quantitative estimate of drug-likeness (QED) is 0.398. The van der Waals surface area contributed by atoms with Crippen molar-refractivity contribution in [1.29, 1.82) is 0 Å². The van der Waals surface area contributed by atoms with Crippen LogP contribution in [0.15, 0.2) is 0 Å². The van der Waals surface area contributed by atoms with Crippen LogP contribution in [0.4, 0.5) is 0 Å². The van der Waals surface area contributed by atoms with Crippen molar-refractivity contribution in [3.63, 3.8) is 0 Å². The first kappa shape index (κ1) is 16.0. The van der Waals surface area contributed by atoms with Gasteiger partial charge in [-0.3, -0.25) is 0 Å². The molecule has 0 fully saturated rings. The molecule has 0 aromatic heterocycles. The van der Waals surface area contributed by atoms with Crippen molar-refractivity contribution in [3.8, 4) is 0 Å². The van der Waals surface area contributed by atoms with Crippen molar-refractivity contribution in [2.24, 2.45) is 0 Å². The molecule has 0 spiro atoms. The predicted octanol–water partition coefficient (Wildman–Crippen LogP) is -0.934. The van der Waals surface area contributed by atoms with E-state index < -0.39 is 7.82 Å². The Morgan fingerprint density at radius 3 is 1.00 bits per heavy atom. The summed E-state index contributed by atoms with van der Waals surface area (Å²) >= 11 is 0. The van der Waals surface area contributed by atoms with Gasteiger partial charge in [-0.25, -0.2) is 4.57 Å². The molecule has 0 saturated carbocycles.